The maximum Gasteiger partial charge on any atom is 0.332 e. The van der Waals surface area contributed by atoms with Crippen LogP contribution in [0.5, 0.6) is 0 Å². The lowest BCUT2D eigenvalue weighted by Gasteiger charge is -2.54. The van der Waals surface area contributed by atoms with Crippen molar-refractivity contribution >= 4 is 11.9 Å². The summed E-state index contributed by atoms with van der Waals surface area (Å²) in [7, 11) is 0. The molecule has 29 heavy (non-hydrogen) atoms. The molecule has 4 aliphatic rings. The Bertz CT molecular complexity index is 742. The van der Waals surface area contributed by atoms with Crippen molar-refractivity contribution in [3.05, 3.63) is 23.8 Å². The molecule has 0 saturated heterocycles. The Balaban J connectivity index is 1.57. The van der Waals surface area contributed by atoms with Crippen LogP contribution in [0.3, 0.4) is 0 Å². The first-order valence-corrected chi connectivity index (χ1v) is 10.8. The van der Waals surface area contributed by atoms with E-state index in [4.69, 9.17) is 19.7 Å². The van der Waals surface area contributed by atoms with Crippen molar-refractivity contribution in [1.29, 1.82) is 0 Å². The minimum absolute atomic E-state index is 0.0355. The summed E-state index contributed by atoms with van der Waals surface area (Å²) in [5.74, 6) is 0.282. The van der Waals surface area contributed by atoms with Crippen LogP contribution < -0.4 is 0 Å². The van der Waals surface area contributed by atoms with Crippen LogP contribution in [-0.4, -0.2) is 47.6 Å². The number of hydrogen-bond donors (Lipinski definition) is 2. The van der Waals surface area contributed by atoms with Gasteiger partial charge in [-0.25, -0.2) is 9.59 Å². The molecule has 0 spiro atoms. The van der Waals surface area contributed by atoms with Crippen molar-refractivity contribution in [1.82, 2.24) is 0 Å². The molecule has 4 aliphatic carbocycles. The van der Waals surface area contributed by atoms with Crippen LogP contribution in [0.1, 0.15) is 52.4 Å². The number of fused-ring (bicyclic) bond motifs is 5. The third kappa shape index (κ3) is 3.34. The molecule has 0 aromatic heterocycles. The summed E-state index contributed by atoms with van der Waals surface area (Å²) >= 11 is 0. The van der Waals surface area contributed by atoms with Gasteiger partial charge in [-0.15, -0.1) is 0 Å². The highest BCUT2D eigenvalue weighted by atomic mass is 16.6. The molecule has 6 heteroatoms. The molecule has 0 amide bonds. The highest BCUT2D eigenvalue weighted by Crippen LogP contribution is 2.63. The van der Waals surface area contributed by atoms with E-state index in [1.54, 1.807) is 0 Å². The SMILES string of the molecule is C[C@]12C=CC(OC(=O)CO)CC1CC[C@@H]1C2=CC[C@]2(C)C(OC(=O)CO)CC[C@@H]12. The Morgan fingerprint density at radius 3 is 2.52 bits per heavy atom. The third-order valence-electron chi connectivity index (χ3n) is 8.25. The summed E-state index contributed by atoms with van der Waals surface area (Å²) in [4.78, 5) is 23.2. The number of ether oxygens (including phenoxy) is 2. The van der Waals surface area contributed by atoms with Crippen LogP contribution in [0.25, 0.3) is 0 Å². The second kappa shape index (κ2) is 7.55. The van der Waals surface area contributed by atoms with Crippen LogP contribution in [-0.2, 0) is 19.1 Å². The van der Waals surface area contributed by atoms with Crippen LogP contribution in [0.4, 0.5) is 0 Å². The lowest BCUT2D eigenvalue weighted by atomic mass is 9.50. The van der Waals surface area contributed by atoms with Crippen LogP contribution in [0.2, 0.25) is 0 Å². The highest BCUT2D eigenvalue weighted by Gasteiger charge is 2.57. The van der Waals surface area contributed by atoms with Gasteiger partial charge in [-0.1, -0.05) is 31.6 Å². The quantitative estimate of drug-likeness (QED) is 0.553. The van der Waals surface area contributed by atoms with E-state index < -0.39 is 25.2 Å². The molecular formula is C23H32O6. The number of allylic oxidation sites excluding steroid dienone is 3. The van der Waals surface area contributed by atoms with Gasteiger partial charge in [0.25, 0.3) is 0 Å². The van der Waals surface area contributed by atoms with E-state index in [0.717, 1.165) is 38.5 Å². The minimum atomic E-state index is -0.582. The van der Waals surface area contributed by atoms with Gasteiger partial charge in [0.05, 0.1) is 0 Å². The standard InChI is InChI=1S/C23H32O6/c1-22-9-7-15(28-20(26)12-24)11-14(22)3-4-16-17-5-6-19(29-21(27)13-25)23(17,2)10-8-18(16)22/h7-9,14-17,19,24-25H,3-6,10-13H2,1-2H3/t14?,15?,16-,17-,19?,22-,23-/m0/s1. The van der Waals surface area contributed by atoms with E-state index in [1.165, 1.54) is 5.57 Å². The molecule has 0 aliphatic heterocycles. The number of aliphatic hydroxyl groups is 2. The second-order valence-corrected chi connectivity index (χ2v) is 9.63. The van der Waals surface area contributed by atoms with Crippen molar-refractivity contribution in [3.8, 4) is 0 Å². The van der Waals surface area contributed by atoms with Crippen LogP contribution in [0.15, 0.2) is 23.8 Å². The fourth-order valence-electron chi connectivity index (χ4n) is 6.71. The molecular weight excluding hydrogens is 372 g/mol. The van der Waals surface area contributed by atoms with E-state index in [2.05, 4.69) is 26.0 Å². The zero-order chi connectivity index (χ0) is 20.8. The summed E-state index contributed by atoms with van der Waals surface area (Å²) in [6.45, 7) is 3.40. The maximum atomic E-state index is 11.7. The third-order valence-corrected chi connectivity index (χ3v) is 8.25. The lowest BCUT2D eigenvalue weighted by Crippen LogP contribution is -2.48. The van der Waals surface area contributed by atoms with Gasteiger partial charge in [-0.3, -0.25) is 0 Å². The zero-order valence-corrected chi connectivity index (χ0v) is 17.3. The van der Waals surface area contributed by atoms with E-state index in [1.807, 2.05) is 6.08 Å². The van der Waals surface area contributed by atoms with Gasteiger partial charge < -0.3 is 19.7 Å². The van der Waals surface area contributed by atoms with Gasteiger partial charge >= 0.3 is 11.9 Å². The average molecular weight is 405 g/mol. The number of carbonyl (C=O) groups is 2. The van der Waals surface area contributed by atoms with E-state index in [9.17, 15) is 9.59 Å². The van der Waals surface area contributed by atoms with Crippen molar-refractivity contribution in [2.45, 2.75) is 64.6 Å². The monoisotopic (exact) mass is 404 g/mol. The Morgan fingerprint density at radius 1 is 1.07 bits per heavy atom. The molecule has 4 rings (SSSR count). The summed E-state index contributed by atoms with van der Waals surface area (Å²) in [5, 5.41) is 18.0. The first kappa shape index (κ1) is 20.6. The van der Waals surface area contributed by atoms with Gasteiger partial charge in [-0.2, -0.15) is 0 Å². The molecule has 7 atom stereocenters. The smallest absolute Gasteiger partial charge is 0.332 e. The molecule has 6 nitrogen and oxygen atoms in total. The Labute approximate surface area is 172 Å². The molecule has 3 unspecified atom stereocenters. The van der Waals surface area contributed by atoms with Crippen LogP contribution >= 0.6 is 0 Å². The highest BCUT2D eigenvalue weighted by molar-refractivity contribution is 5.71. The van der Waals surface area contributed by atoms with Crippen molar-refractivity contribution in [2.75, 3.05) is 13.2 Å². The number of rotatable bonds is 4. The van der Waals surface area contributed by atoms with Crippen LogP contribution in [0, 0.1) is 28.6 Å². The molecule has 2 saturated carbocycles. The van der Waals surface area contributed by atoms with E-state index >= 15 is 0 Å². The van der Waals surface area contributed by atoms with E-state index in [0.29, 0.717) is 17.8 Å². The Morgan fingerprint density at radius 2 is 1.79 bits per heavy atom. The first-order valence-electron chi connectivity index (χ1n) is 10.8. The molecule has 0 radical (unpaired) electrons. The molecule has 2 fully saturated rings. The minimum Gasteiger partial charge on any atom is -0.460 e. The molecule has 160 valence electrons. The fraction of sp³-hybridized carbons (Fsp3) is 0.739. The second-order valence-electron chi connectivity index (χ2n) is 9.63. The molecule has 0 aromatic carbocycles. The topological polar surface area (TPSA) is 93.1 Å². The first-order chi connectivity index (χ1) is 13.8. The maximum absolute atomic E-state index is 11.7. The fourth-order valence-corrected chi connectivity index (χ4v) is 6.71. The van der Waals surface area contributed by atoms with E-state index in [-0.39, 0.29) is 23.0 Å². The predicted molar refractivity (Wildman–Crippen MR) is 106 cm³/mol. The van der Waals surface area contributed by atoms with Crippen molar-refractivity contribution in [3.63, 3.8) is 0 Å². The van der Waals surface area contributed by atoms with Crippen molar-refractivity contribution in [2.24, 2.45) is 28.6 Å². The van der Waals surface area contributed by atoms with Crippen molar-refractivity contribution < 1.29 is 29.3 Å². The average Bonchev–Trinajstić information content (AvgIpc) is 3.04. The number of esters is 2. The largest absolute Gasteiger partial charge is 0.460 e. The normalized spacial score (nSPS) is 42.9. The van der Waals surface area contributed by atoms with Gasteiger partial charge in [-0.05, 0) is 62.4 Å². The zero-order valence-electron chi connectivity index (χ0n) is 17.3. The molecule has 0 heterocycles. The number of aliphatic hydroxyl groups excluding tert-OH is 2. The Hall–Kier alpha value is -1.66. The predicted octanol–water partition coefficient (Wildman–Crippen LogP) is 2.53. The van der Waals surface area contributed by atoms with Gasteiger partial charge in [0.1, 0.15) is 25.4 Å². The molecule has 0 bridgehead atoms. The summed E-state index contributed by atoms with van der Waals surface area (Å²) in [5.41, 5.74) is 1.39. The van der Waals surface area contributed by atoms with Gasteiger partial charge in [0, 0.05) is 10.8 Å². The molecule has 2 N–H and O–H groups in total. The summed E-state index contributed by atoms with van der Waals surface area (Å²) in [6.07, 6.45) is 12.0. The Kier molecular flexibility index (Phi) is 5.36. The molecule has 0 aromatic rings. The number of carbonyl (C=O) groups excluding carboxylic acids is 2. The van der Waals surface area contributed by atoms with Gasteiger partial charge in [0.15, 0.2) is 0 Å². The van der Waals surface area contributed by atoms with Gasteiger partial charge in [0.2, 0.25) is 0 Å². The summed E-state index contributed by atoms with van der Waals surface area (Å²) < 4.78 is 11.0. The lowest BCUT2D eigenvalue weighted by molar-refractivity contribution is -0.159. The summed E-state index contributed by atoms with van der Waals surface area (Å²) in [6, 6.07) is 0. The number of hydrogen-bond acceptors (Lipinski definition) is 6.